The molecule has 0 bridgehead atoms. The van der Waals surface area contributed by atoms with E-state index in [1.165, 1.54) is 24.3 Å². The highest BCUT2D eigenvalue weighted by atomic mass is 19.4. The average Bonchev–Trinajstić information content (AvgIpc) is 3.27. The summed E-state index contributed by atoms with van der Waals surface area (Å²) in [5.41, 5.74) is -3.15. The van der Waals surface area contributed by atoms with Crippen molar-refractivity contribution in [1.29, 1.82) is 0 Å². The molecule has 0 amide bonds. The van der Waals surface area contributed by atoms with Crippen LogP contribution in [0.4, 0.5) is 26.3 Å². The standard InChI is InChI=1S/C49H28F6N6/c50-48(51,52)47(49(53,54)55,33-21-17-31(18-22-33)41-37-13-5-7-15-39(37)58-45(60-41)43-35-11-3-1-9-29(35)25-27-56-43)34-23-19-32(20-24-34)42-38-14-6-8-16-40(38)59-46(61-42)44-36-12-4-2-10-30(36)26-28-57-44/h1-28H. The number of fused-ring (bicyclic) bond motifs is 4. The SMILES string of the molecule is FC(F)(F)C(c1ccc(-c2nc(-c3nccc4ccccc34)nc3ccccc23)cc1)(c1ccc(-c2nc(-c3nccc4ccccc34)nc3ccccc23)cc1)C(F)(F)F. The van der Waals surface area contributed by atoms with Crippen molar-refractivity contribution in [3.63, 3.8) is 0 Å². The lowest BCUT2D eigenvalue weighted by molar-refractivity contribution is -0.288. The molecule has 0 aliphatic heterocycles. The fourth-order valence-corrected chi connectivity index (χ4v) is 8.14. The van der Waals surface area contributed by atoms with Gasteiger partial charge in [0.1, 0.15) is 11.4 Å². The van der Waals surface area contributed by atoms with Gasteiger partial charge in [0.15, 0.2) is 11.6 Å². The van der Waals surface area contributed by atoms with Crippen molar-refractivity contribution in [2.75, 3.05) is 0 Å². The van der Waals surface area contributed by atoms with Crippen molar-refractivity contribution in [2.45, 2.75) is 17.8 Å². The normalized spacial score (nSPS) is 12.4. The fraction of sp³-hybridized carbons (Fsp3) is 0.0612. The first-order valence-electron chi connectivity index (χ1n) is 19.1. The van der Waals surface area contributed by atoms with E-state index in [4.69, 9.17) is 19.9 Å². The second-order valence-electron chi connectivity index (χ2n) is 14.5. The molecule has 6 nitrogen and oxygen atoms in total. The molecule has 0 spiro atoms. The minimum atomic E-state index is -5.81. The van der Waals surface area contributed by atoms with E-state index >= 15 is 26.3 Å². The Morgan fingerprint density at radius 2 is 0.689 bits per heavy atom. The van der Waals surface area contributed by atoms with Gasteiger partial charge >= 0.3 is 12.4 Å². The van der Waals surface area contributed by atoms with Crippen molar-refractivity contribution in [2.24, 2.45) is 0 Å². The molecule has 4 heterocycles. The molecular formula is C49H28F6N6. The van der Waals surface area contributed by atoms with Crippen molar-refractivity contribution in [3.8, 4) is 45.6 Å². The molecule has 0 aliphatic rings. The van der Waals surface area contributed by atoms with E-state index in [-0.39, 0.29) is 11.6 Å². The van der Waals surface area contributed by atoms with E-state index in [0.29, 0.717) is 55.7 Å². The molecule has 0 radical (unpaired) electrons. The Kier molecular flexibility index (Phi) is 8.83. The van der Waals surface area contributed by atoms with Gasteiger partial charge in [0.2, 0.25) is 5.41 Å². The van der Waals surface area contributed by atoms with Crippen LogP contribution in [0.25, 0.3) is 88.9 Å². The van der Waals surface area contributed by atoms with Crippen molar-refractivity contribution in [1.82, 2.24) is 29.9 Å². The predicted octanol–water partition coefficient (Wildman–Crippen LogP) is 12.7. The number of pyridine rings is 2. The Hall–Kier alpha value is -7.60. The summed E-state index contributed by atoms with van der Waals surface area (Å²) in [7, 11) is 0. The Labute approximate surface area is 343 Å². The van der Waals surface area contributed by atoms with Crippen LogP contribution in [0.3, 0.4) is 0 Å². The molecule has 0 unspecified atom stereocenters. The first kappa shape index (κ1) is 37.7. The Balaban J connectivity index is 1.09. The van der Waals surface area contributed by atoms with Gasteiger partial charge in [0.25, 0.3) is 0 Å². The van der Waals surface area contributed by atoms with Crippen LogP contribution < -0.4 is 0 Å². The predicted molar refractivity (Wildman–Crippen MR) is 224 cm³/mol. The molecule has 0 aliphatic carbocycles. The molecule has 0 atom stereocenters. The maximum absolute atomic E-state index is 15.5. The molecule has 6 aromatic carbocycles. The van der Waals surface area contributed by atoms with Crippen LogP contribution in [0.1, 0.15) is 11.1 Å². The zero-order chi connectivity index (χ0) is 41.9. The lowest BCUT2D eigenvalue weighted by atomic mass is 9.72. The number of aromatic nitrogens is 6. The van der Waals surface area contributed by atoms with Crippen molar-refractivity contribution in [3.05, 3.63) is 181 Å². The first-order valence-corrected chi connectivity index (χ1v) is 19.1. The smallest absolute Gasteiger partial charge is 0.252 e. The topological polar surface area (TPSA) is 77.3 Å². The minimum Gasteiger partial charge on any atom is -0.252 e. The molecular weight excluding hydrogens is 787 g/mol. The lowest BCUT2D eigenvalue weighted by Gasteiger charge is -2.38. The molecule has 10 aromatic rings. The highest BCUT2D eigenvalue weighted by Crippen LogP contribution is 2.56. The molecule has 0 saturated heterocycles. The van der Waals surface area contributed by atoms with Crippen LogP contribution in [-0.4, -0.2) is 42.3 Å². The second kappa shape index (κ2) is 14.3. The zero-order valence-corrected chi connectivity index (χ0v) is 31.6. The summed E-state index contributed by atoms with van der Waals surface area (Å²) in [5.74, 6) is 0.512. The van der Waals surface area contributed by atoms with Gasteiger partial charge in [-0.25, -0.2) is 19.9 Å². The van der Waals surface area contributed by atoms with E-state index < -0.39 is 28.9 Å². The van der Waals surface area contributed by atoms with Crippen LogP contribution in [-0.2, 0) is 5.41 Å². The number of rotatable bonds is 6. The van der Waals surface area contributed by atoms with E-state index in [9.17, 15) is 0 Å². The number of halogens is 6. The maximum Gasteiger partial charge on any atom is 0.411 e. The van der Waals surface area contributed by atoms with E-state index in [2.05, 4.69) is 9.97 Å². The summed E-state index contributed by atoms with van der Waals surface area (Å²) in [5, 5.41) is 4.47. The fourth-order valence-electron chi connectivity index (χ4n) is 8.14. The third-order valence-corrected chi connectivity index (χ3v) is 11.0. The molecule has 61 heavy (non-hydrogen) atoms. The van der Waals surface area contributed by atoms with Crippen LogP contribution in [0.5, 0.6) is 0 Å². The highest BCUT2D eigenvalue weighted by molar-refractivity contribution is 5.99. The number of hydrogen-bond acceptors (Lipinski definition) is 6. The van der Waals surface area contributed by atoms with Crippen LogP contribution >= 0.6 is 0 Å². The van der Waals surface area contributed by atoms with Gasteiger partial charge in [-0.2, -0.15) is 26.3 Å². The number of hydrogen-bond donors (Lipinski definition) is 0. The van der Waals surface area contributed by atoms with Crippen LogP contribution in [0, 0.1) is 0 Å². The number of alkyl halides is 6. The third-order valence-electron chi connectivity index (χ3n) is 11.0. The summed E-state index contributed by atoms with van der Waals surface area (Å²) >= 11 is 0. The van der Waals surface area contributed by atoms with Gasteiger partial charge < -0.3 is 0 Å². The van der Waals surface area contributed by atoms with Gasteiger partial charge in [0, 0.05) is 45.1 Å². The molecule has 10 rings (SSSR count). The number of para-hydroxylation sites is 2. The highest BCUT2D eigenvalue weighted by Gasteiger charge is 2.72. The molecule has 4 aromatic heterocycles. The molecule has 0 saturated carbocycles. The van der Waals surface area contributed by atoms with E-state index in [1.54, 1.807) is 60.9 Å². The van der Waals surface area contributed by atoms with Gasteiger partial charge in [-0.05, 0) is 46.2 Å². The average molecular weight is 815 g/mol. The van der Waals surface area contributed by atoms with Crippen molar-refractivity contribution < 1.29 is 26.3 Å². The molecule has 296 valence electrons. The molecule has 0 fully saturated rings. The monoisotopic (exact) mass is 814 g/mol. The van der Waals surface area contributed by atoms with Gasteiger partial charge in [-0.1, -0.05) is 133 Å². The van der Waals surface area contributed by atoms with Crippen LogP contribution in [0.2, 0.25) is 0 Å². The van der Waals surface area contributed by atoms with Gasteiger partial charge in [-0.15, -0.1) is 0 Å². The lowest BCUT2D eigenvalue weighted by Crippen LogP contribution is -2.54. The number of benzene rings is 6. The van der Waals surface area contributed by atoms with E-state index in [1.807, 2.05) is 60.7 Å². The molecule has 0 N–H and O–H groups in total. The quantitative estimate of drug-likeness (QED) is 0.156. The summed E-state index contributed by atoms with van der Waals surface area (Å²) < 4.78 is 92.8. The Morgan fingerprint density at radius 3 is 1.08 bits per heavy atom. The largest absolute Gasteiger partial charge is 0.411 e. The van der Waals surface area contributed by atoms with E-state index in [0.717, 1.165) is 45.8 Å². The third kappa shape index (κ3) is 6.21. The summed E-state index contributed by atoms with van der Waals surface area (Å²) in [6.45, 7) is 0. The molecule has 12 heteroatoms. The summed E-state index contributed by atoms with van der Waals surface area (Å²) in [6.07, 6.45) is -8.36. The maximum atomic E-state index is 15.5. The second-order valence-corrected chi connectivity index (χ2v) is 14.5. The number of nitrogens with zero attached hydrogens (tertiary/aromatic N) is 6. The Morgan fingerprint density at radius 1 is 0.328 bits per heavy atom. The minimum absolute atomic E-state index is 0.256. The van der Waals surface area contributed by atoms with Gasteiger partial charge in [0.05, 0.1) is 22.4 Å². The summed E-state index contributed by atoms with van der Waals surface area (Å²) in [4.78, 5) is 28.2. The van der Waals surface area contributed by atoms with Gasteiger partial charge in [-0.3, -0.25) is 9.97 Å². The Bertz CT molecular complexity index is 3060. The van der Waals surface area contributed by atoms with Crippen LogP contribution in [0.15, 0.2) is 170 Å². The zero-order valence-electron chi connectivity index (χ0n) is 31.6. The summed E-state index contributed by atoms with van der Waals surface area (Å²) in [6, 6.07) is 41.3. The van der Waals surface area contributed by atoms with Crippen molar-refractivity contribution >= 4 is 43.4 Å². The first-order chi connectivity index (χ1) is 29.5.